The first-order chi connectivity index (χ1) is 9.40. The zero-order valence-corrected chi connectivity index (χ0v) is 12.4. The third-order valence-electron chi connectivity index (χ3n) is 4.40. The molecule has 0 aromatic heterocycles. The maximum atomic E-state index is 5.53. The molecule has 0 spiro atoms. The van der Waals surface area contributed by atoms with Crippen molar-refractivity contribution in [2.45, 2.75) is 38.1 Å². The highest BCUT2D eigenvalue weighted by atomic mass is 16.5. The summed E-state index contributed by atoms with van der Waals surface area (Å²) in [6.45, 7) is 7.29. The Kier molecular flexibility index (Phi) is 7.14. The quantitative estimate of drug-likeness (QED) is 0.678. The lowest BCUT2D eigenvalue weighted by Gasteiger charge is -2.35. The van der Waals surface area contributed by atoms with Gasteiger partial charge < -0.3 is 19.7 Å². The van der Waals surface area contributed by atoms with Gasteiger partial charge in [-0.3, -0.25) is 0 Å². The Morgan fingerprint density at radius 3 is 2.89 bits per heavy atom. The molecule has 0 saturated carbocycles. The number of nitrogens with one attached hydrogen (secondary N) is 1. The molecule has 112 valence electrons. The molecule has 2 rings (SSSR count). The third-order valence-corrected chi connectivity index (χ3v) is 4.40. The molecule has 4 heteroatoms. The zero-order valence-electron chi connectivity index (χ0n) is 12.4. The topological polar surface area (TPSA) is 33.7 Å². The highest BCUT2D eigenvalue weighted by Gasteiger charge is 2.28. The molecule has 2 atom stereocenters. The molecule has 2 heterocycles. The minimum atomic E-state index is 0.707. The van der Waals surface area contributed by atoms with Crippen molar-refractivity contribution in [2.24, 2.45) is 5.92 Å². The Morgan fingerprint density at radius 1 is 1.16 bits per heavy atom. The first kappa shape index (κ1) is 15.2. The standard InChI is InChI=1S/C15H30N2O2/c1-18-11-12-19-10-4-9-17-8-3-5-14(13-17)15-6-2-7-16-15/h14-16H,2-13H2,1H3. The Balaban J connectivity index is 1.56. The first-order valence-corrected chi connectivity index (χ1v) is 7.92. The monoisotopic (exact) mass is 270 g/mol. The summed E-state index contributed by atoms with van der Waals surface area (Å²) in [4.78, 5) is 2.63. The Labute approximate surface area is 117 Å². The molecule has 2 saturated heterocycles. The predicted octanol–water partition coefficient (Wildman–Crippen LogP) is 1.50. The highest BCUT2D eigenvalue weighted by Crippen LogP contribution is 2.24. The van der Waals surface area contributed by atoms with Gasteiger partial charge in [0.05, 0.1) is 13.2 Å². The first-order valence-electron chi connectivity index (χ1n) is 7.92. The second kappa shape index (κ2) is 8.90. The van der Waals surface area contributed by atoms with E-state index in [0.717, 1.165) is 31.6 Å². The van der Waals surface area contributed by atoms with Crippen molar-refractivity contribution >= 4 is 0 Å². The van der Waals surface area contributed by atoms with Gasteiger partial charge in [-0.1, -0.05) is 0 Å². The molecule has 4 nitrogen and oxygen atoms in total. The number of methoxy groups -OCH3 is 1. The van der Waals surface area contributed by atoms with Gasteiger partial charge in [0.1, 0.15) is 0 Å². The van der Waals surface area contributed by atoms with Gasteiger partial charge in [0.15, 0.2) is 0 Å². The molecular weight excluding hydrogens is 240 g/mol. The average Bonchev–Trinajstić information content (AvgIpc) is 2.97. The summed E-state index contributed by atoms with van der Waals surface area (Å²) in [7, 11) is 1.72. The van der Waals surface area contributed by atoms with Crippen LogP contribution in [0.15, 0.2) is 0 Å². The Morgan fingerprint density at radius 2 is 2.11 bits per heavy atom. The molecule has 0 radical (unpaired) electrons. The van der Waals surface area contributed by atoms with Gasteiger partial charge in [-0.25, -0.2) is 0 Å². The van der Waals surface area contributed by atoms with E-state index in [2.05, 4.69) is 10.2 Å². The van der Waals surface area contributed by atoms with Gasteiger partial charge in [-0.2, -0.15) is 0 Å². The fourth-order valence-electron chi connectivity index (χ4n) is 3.37. The van der Waals surface area contributed by atoms with Crippen LogP contribution in [0.4, 0.5) is 0 Å². The van der Waals surface area contributed by atoms with Gasteiger partial charge in [0, 0.05) is 32.8 Å². The molecule has 2 unspecified atom stereocenters. The Hall–Kier alpha value is -0.160. The molecule has 0 amide bonds. The summed E-state index contributed by atoms with van der Waals surface area (Å²) >= 11 is 0. The maximum Gasteiger partial charge on any atom is 0.0700 e. The van der Waals surface area contributed by atoms with Crippen molar-refractivity contribution in [1.82, 2.24) is 10.2 Å². The van der Waals surface area contributed by atoms with Crippen molar-refractivity contribution in [3.63, 3.8) is 0 Å². The Bertz CT molecular complexity index is 232. The van der Waals surface area contributed by atoms with E-state index in [1.54, 1.807) is 7.11 Å². The van der Waals surface area contributed by atoms with E-state index in [1.165, 1.54) is 51.9 Å². The van der Waals surface area contributed by atoms with Gasteiger partial charge in [-0.05, 0) is 51.1 Å². The van der Waals surface area contributed by atoms with E-state index in [-0.39, 0.29) is 0 Å². The lowest BCUT2D eigenvalue weighted by atomic mass is 9.90. The number of hydrogen-bond donors (Lipinski definition) is 1. The summed E-state index contributed by atoms with van der Waals surface area (Å²) in [5, 5.41) is 3.67. The van der Waals surface area contributed by atoms with Crippen molar-refractivity contribution < 1.29 is 9.47 Å². The van der Waals surface area contributed by atoms with E-state index in [9.17, 15) is 0 Å². The molecule has 2 aliphatic heterocycles. The van der Waals surface area contributed by atoms with Crippen LogP contribution >= 0.6 is 0 Å². The van der Waals surface area contributed by atoms with Crippen molar-refractivity contribution in [3.8, 4) is 0 Å². The van der Waals surface area contributed by atoms with Crippen LogP contribution in [0.25, 0.3) is 0 Å². The summed E-state index contributed by atoms with van der Waals surface area (Å²) in [6, 6.07) is 0.792. The van der Waals surface area contributed by atoms with Crippen molar-refractivity contribution in [2.75, 3.05) is 53.1 Å². The van der Waals surface area contributed by atoms with E-state index >= 15 is 0 Å². The van der Waals surface area contributed by atoms with Crippen LogP contribution in [0, 0.1) is 5.92 Å². The highest BCUT2D eigenvalue weighted by molar-refractivity contribution is 4.86. The van der Waals surface area contributed by atoms with Crippen LogP contribution in [0.3, 0.4) is 0 Å². The van der Waals surface area contributed by atoms with Crippen molar-refractivity contribution in [1.29, 1.82) is 0 Å². The van der Waals surface area contributed by atoms with E-state index in [0.29, 0.717) is 6.61 Å². The average molecular weight is 270 g/mol. The van der Waals surface area contributed by atoms with Gasteiger partial charge in [-0.15, -0.1) is 0 Å². The van der Waals surface area contributed by atoms with Gasteiger partial charge >= 0.3 is 0 Å². The van der Waals surface area contributed by atoms with Crippen LogP contribution < -0.4 is 5.32 Å². The van der Waals surface area contributed by atoms with Gasteiger partial charge in [0.25, 0.3) is 0 Å². The molecule has 2 fully saturated rings. The minimum Gasteiger partial charge on any atom is -0.382 e. The van der Waals surface area contributed by atoms with Crippen LogP contribution in [0.5, 0.6) is 0 Å². The lowest BCUT2D eigenvalue weighted by Crippen LogP contribution is -2.43. The van der Waals surface area contributed by atoms with Crippen molar-refractivity contribution in [3.05, 3.63) is 0 Å². The number of piperidine rings is 1. The lowest BCUT2D eigenvalue weighted by molar-refractivity contribution is 0.0614. The zero-order chi connectivity index (χ0) is 13.3. The largest absolute Gasteiger partial charge is 0.382 e. The summed E-state index contributed by atoms with van der Waals surface area (Å²) in [6.07, 6.45) is 6.69. The van der Waals surface area contributed by atoms with Crippen LogP contribution in [-0.2, 0) is 9.47 Å². The van der Waals surface area contributed by atoms with Crippen LogP contribution in [0.1, 0.15) is 32.1 Å². The molecule has 0 aromatic rings. The second-order valence-corrected chi connectivity index (χ2v) is 5.86. The molecule has 19 heavy (non-hydrogen) atoms. The molecule has 0 bridgehead atoms. The molecule has 2 aliphatic rings. The van der Waals surface area contributed by atoms with Crippen LogP contribution in [0.2, 0.25) is 0 Å². The fourth-order valence-corrected chi connectivity index (χ4v) is 3.37. The molecular formula is C15H30N2O2. The predicted molar refractivity (Wildman–Crippen MR) is 77.5 cm³/mol. The van der Waals surface area contributed by atoms with Crippen LogP contribution in [-0.4, -0.2) is 64.1 Å². The molecule has 1 N–H and O–H groups in total. The number of hydrogen-bond acceptors (Lipinski definition) is 4. The molecule has 0 aromatic carbocycles. The number of nitrogens with zero attached hydrogens (tertiary/aromatic N) is 1. The SMILES string of the molecule is COCCOCCCN1CCCC(C2CCCN2)C1. The summed E-state index contributed by atoms with van der Waals surface area (Å²) < 4.78 is 10.5. The normalized spacial score (nSPS) is 28.9. The minimum absolute atomic E-state index is 0.707. The summed E-state index contributed by atoms with van der Waals surface area (Å²) in [5.74, 6) is 0.880. The summed E-state index contributed by atoms with van der Waals surface area (Å²) in [5.41, 5.74) is 0. The van der Waals surface area contributed by atoms with E-state index in [1.807, 2.05) is 0 Å². The molecule has 0 aliphatic carbocycles. The third kappa shape index (κ3) is 5.38. The maximum absolute atomic E-state index is 5.53. The number of ether oxygens (including phenoxy) is 2. The fraction of sp³-hybridized carbons (Fsp3) is 1.00. The van der Waals surface area contributed by atoms with E-state index in [4.69, 9.17) is 9.47 Å². The van der Waals surface area contributed by atoms with Gasteiger partial charge in [0.2, 0.25) is 0 Å². The smallest absolute Gasteiger partial charge is 0.0700 e. The second-order valence-electron chi connectivity index (χ2n) is 5.86. The number of rotatable bonds is 8. The number of likely N-dealkylation sites (tertiary alicyclic amines) is 1. The van der Waals surface area contributed by atoms with E-state index < -0.39 is 0 Å².